The lowest BCUT2D eigenvalue weighted by Gasteiger charge is -2.32. The molecule has 1 aliphatic carbocycles. The first-order chi connectivity index (χ1) is 9.33. The van der Waals surface area contributed by atoms with E-state index < -0.39 is 0 Å². The van der Waals surface area contributed by atoms with E-state index in [1.807, 2.05) is 6.07 Å². The van der Waals surface area contributed by atoms with Crippen molar-refractivity contribution in [2.24, 2.45) is 5.84 Å². The molecule has 2 atom stereocenters. The Morgan fingerprint density at radius 3 is 2.95 bits per heavy atom. The highest BCUT2D eigenvalue weighted by Gasteiger charge is 2.29. The molecule has 2 unspecified atom stereocenters. The molecule has 100 valence electrons. The van der Waals surface area contributed by atoms with Crippen molar-refractivity contribution >= 4 is 0 Å². The highest BCUT2D eigenvalue weighted by molar-refractivity contribution is 5.40. The second-order valence-corrected chi connectivity index (χ2v) is 5.21. The van der Waals surface area contributed by atoms with Gasteiger partial charge in [-0.3, -0.25) is 11.3 Å². The molecule has 2 aromatic rings. The fourth-order valence-corrected chi connectivity index (χ4v) is 3.09. The van der Waals surface area contributed by atoms with Gasteiger partial charge in [-0.15, -0.1) is 0 Å². The molecule has 0 amide bonds. The first-order valence-corrected chi connectivity index (χ1v) is 6.93. The number of hydrogen-bond acceptors (Lipinski definition) is 3. The molecular formula is C16H20N2O. The van der Waals surface area contributed by atoms with Crippen molar-refractivity contribution in [2.75, 3.05) is 0 Å². The third-order valence-electron chi connectivity index (χ3n) is 4.16. The van der Waals surface area contributed by atoms with E-state index in [0.29, 0.717) is 5.92 Å². The first kappa shape index (κ1) is 12.5. The number of aryl methyl sites for hydroxylation is 1. The molecule has 0 saturated heterocycles. The summed E-state index contributed by atoms with van der Waals surface area (Å²) in [5.74, 6) is 7.39. The highest BCUT2D eigenvalue weighted by Crippen LogP contribution is 2.41. The molecule has 3 heteroatoms. The lowest BCUT2D eigenvalue weighted by molar-refractivity contribution is 0.423. The topological polar surface area (TPSA) is 51.2 Å². The number of hydrazine groups is 1. The molecule has 3 N–H and O–H groups in total. The quantitative estimate of drug-likeness (QED) is 0.638. The SMILES string of the molecule is CCc1occc1C(CC1Cc2ccccc21)NN. The van der Waals surface area contributed by atoms with Gasteiger partial charge in [-0.05, 0) is 36.0 Å². The van der Waals surface area contributed by atoms with Crippen LogP contribution in [0.5, 0.6) is 0 Å². The van der Waals surface area contributed by atoms with Crippen molar-refractivity contribution in [2.45, 2.75) is 38.1 Å². The van der Waals surface area contributed by atoms with Gasteiger partial charge in [0, 0.05) is 12.0 Å². The molecule has 3 rings (SSSR count). The Balaban J connectivity index is 1.76. The fourth-order valence-electron chi connectivity index (χ4n) is 3.09. The number of fused-ring (bicyclic) bond motifs is 1. The minimum atomic E-state index is 0.173. The summed E-state index contributed by atoms with van der Waals surface area (Å²) >= 11 is 0. The zero-order valence-corrected chi connectivity index (χ0v) is 11.2. The van der Waals surface area contributed by atoms with Crippen LogP contribution in [0, 0.1) is 0 Å². The monoisotopic (exact) mass is 256 g/mol. The summed E-state index contributed by atoms with van der Waals surface area (Å²) in [6.07, 6.45) is 4.85. The van der Waals surface area contributed by atoms with E-state index in [9.17, 15) is 0 Å². The predicted octanol–water partition coefficient (Wildman–Crippen LogP) is 3.08. The Labute approximate surface area is 113 Å². The Kier molecular flexibility index (Phi) is 3.40. The summed E-state index contributed by atoms with van der Waals surface area (Å²) in [6, 6.07) is 10.9. The molecule has 3 nitrogen and oxygen atoms in total. The Morgan fingerprint density at radius 1 is 1.37 bits per heavy atom. The first-order valence-electron chi connectivity index (χ1n) is 6.93. The summed E-state index contributed by atoms with van der Waals surface area (Å²) < 4.78 is 5.50. The van der Waals surface area contributed by atoms with Crippen LogP contribution in [-0.2, 0) is 12.8 Å². The van der Waals surface area contributed by atoms with E-state index in [-0.39, 0.29) is 6.04 Å². The van der Waals surface area contributed by atoms with Crippen molar-refractivity contribution in [1.29, 1.82) is 0 Å². The smallest absolute Gasteiger partial charge is 0.108 e. The van der Waals surface area contributed by atoms with Gasteiger partial charge in [0.25, 0.3) is 0 Å². The van der Waals surface area contributed by atoms with Crippen LogP contribution < -0.4 is 11.3 Å². The predicted molar refractivity (Wildman–Crippen MR) is 75.7 cm³/mol. The molecule has 0 fully saturated rings. The molecule has 0 bridgehead atoms. The maximum absolute atomic E-state index is 5.74. The van der Waals surface area contributed by atoms with E-state index in [0.717, 1.165) is 25.0 Å². The second kappa shape index (κ2) is 5.19. The normalized spacial score (nSPS) is 18.7. The van der Waals surface area contributed by atoms with Gasteiger partial charge >= 0.3 is 0 Å². The third kappa shape index (κ3) is 2.20. The third-order valence-corrected chi connectivity index (χ3v) is 4.16. The molecule has 1 aromatic heterocycles. The van der Waals surface area contributed by atoms with Crippen molar-refractivity contribution in [3.05, 3.63) is 59.0 Å². The van der Waals surface area contributed by atoms with Gasteiger partial charge in [0.1, 0.15) is 5.76 Å². The Morgan fingerprint density at radius 2 is 2.21 bits per heavy atom. The molecule has 0 aliphatic heterocycles. The number of hydrogen-bond donors (Lipinski definition) is 2. The Bertz CT molecular complexity index is 561. The largest absolute Gasteiger partial charge is 0.469 e. The van der Waals surface area contributed by atoms with Gasteiger partial charge in [-0.2, -0.15) is 0 Å². The minimum absolute atomic E-state index is 0.173. The maximum atomic E-state index is 5.74. The fraction of sp³-hybridized carbons (Fsp3) is 0.375. The van der Waals surface area contributed by atoms with Crippen molar-refractivity contribution < 1.29 is 4.42 Å². The number of benzene rings is 1. The van der Waals surface area contributed by atoms with Crippen LogP contribution in [0.25, 0.3) is 0 Å². The van der Waals surface area contributed by atoms with Gasteiger partial charge in [0.15, 0.2) is 0 Å². The molecule has 0 saturated carbocycles. The summed E-state index contributed by atoms with van der Waals surface area (Å²) in [5, 5.41) is 0. The van der Waals surface area contributed by atoms with E-state index in [4.69, 9.17) is 10.3 Å². The number of nitrogens with two attached hydrogens (primary N) is 1. The molecule has 1 heterocycles. The van der Waals surface area contributed by atoms with Gasteiger partial charge < -0.3 is 4.42 Å². The average molecular weight is 256 g/mol. The molecule has 1 aliphatic rings. The lowest BCUT2D eigenvalue weighted by atomic mass is 9.74. The van der Waals surface area contributed by atoms with Gasteiger partial charge in [0.2, 0.25) is 0 Å². The number of rotatable bonds is 5. The van der Waals surface area contributed by atoms with Crippen LogP contribution in [0.15, 0.2) is 41.0 Å². The molecule has 1 aromatic carbocycles. The summed E-state index contributed by atoms with van der Waals surface area (Å²) in [6.45, 7) is 2.11. The molecule has 0 radical (unpaired) electrons. The Hall–Kier alpha value is -1.58. The van der Waals surface area contributed by atoms with E-state index >= 15 is 0 Å². The zero-order valence-electron chi connectivity index (χ0n) is 11.2. The maximum Gasteiger partial charge on any atom is 0.108 e. The van der Waals surface area contributed by atoms with Crippen LogP contribution in [0.4, 0.5) is 0 Å². The van der Waals surface area contributed by atoms with Crippen LogP contribution >= 0.6 is 0 Å². The lowest BCUT2D eigenvalue weighted by Crippen LogP contribution is -2.31. The van der Waals surface area contributed by atoms with Crippen LogP contribution in [0.1, 0.15) is 47.8 Å². The number of furan rings is 1. The van der Waals surface area contributed by atoms with E-state index in [1.165, 1.54) is 16.7 Å². The summed E-state index contributed by atoms with van der Waals surface area (Å²) in [5.41, 5.74) is 7.11. The highest BCUT2D eigenvalue weighted by atomic mass is 16.3. The summed E-state index contributed by atoms with van der Waals surface area (Å²) in [7, 11) is 0. The van der Waals surface area contributed by atoms with Crippen molar-refractivity contribution in [3.8, 4) is 0 Å². The zero-order chi connectivity index (χ0) is 13.2. The van der Waals surface area contributed by atoms with Crippen LogP contribution in [0.2, 0.25) is 0 Å². The van der Waals surface area contributed by atoms with Gasteiger partial charge in [-0.1, -0.05) is 31.2 Å². The van der Waals surface area contributed by atoms with E-state index in [2.05, 4.69) is 36.6 Å². The minimum Gasteiger partial charge on any atom is -0.469 e. The summed E-state index contributed by atoms with van der Waals surface area (Å²) in [4.78, 5) is 0. The average Bonchev–Trinajstić information content (AvgIpc) is 2.88. The second-order valence-electron chi connectivity index (χ2n) is 5.21. The van der Waals surface area contributed by atoms with Crippen LogP contribution in [0.3, 0.4) is 0 Å². The molecule has 19 heavy (non-hydrogen) atoms. The molecule has 0 spiro atoms. The van der Waals surface area contributed by atoms with E-state index in [1.54, 1.807) is 6.26 Å². The van der Waals surface area contributed by atoms with Gasteiger partial charge in [0.05, 0.1) is 12.3 Å². The van der Waals surface area contributed by atoms with Crippen molar-refractivity contribution in [1.82, 2.24) is 5.43 Å². The molecular weight excluding hydrogens is 236 g/mol. The van der Waals surface area contributed by atoms with Crippen LogP contribution in [-0.4, -0.2) is 0 Å². The standard InChI is InChI=1S/C16H20N2O/c1-2-16-14(7-8-19-16)15(18-17)10-12-9-11-5-3-4-6-13(11)12/h3-8,12,15,18H,2,9-10,17H2,1H3. The van der Waals surface area contributed by atoms with Gasteiger partial charge in [-0.25, -0.2) is 0 Å². The van der Waals surface area contributed by atoms with Crippen molar-refractivity contribution in [3.63, 3.8) is 0 Å². The number of nitrogens with one attached hydrogen (secondary N) is 1.